The molecular formula is C20H13N6NaO11S2. The van der Waals surface area contributed by atoms with Gasteiger partial charge in [-0.05, 0) is 40.2 Å². The van der Waals surface area contributed by atoms with Gasteiger partial charge < -0.3 is 13.8 Å². The Bertz CT molecular complexity index is 1810. The quantitative estimate of drug-likeness (QED) is 0.0689. The van der Waals surface area contributed by atoms with Crippen molar-refractivity contribution in [1.82, 2.24) is 15.0 Å². The van der Waals surface area contributed by atoms with Gasteiger partial charge in [-0.25, -0.2) is 16.8 Å². The number of benzene rings is 3. The molecule has 0 aliphatic heterocycles. The van der Waals surface area contributed by atoms with Crippen molar-refractivity contribution < 1.29 is 74.9 Å². The van der Waals surface area contributed by atoms with E-state index in [2.05, 4.69) is 10.2 Å². The van der Waals surface area contributed by atoms with Gasteiger partial charge in [0.05, 0.1) is 43.5 Å². The number of rotatable bonds is 8. The van der Waals surface area contributed by atoms with Crippen LogP contribution in [0.15, 0.2) is 70.5 Å². The van der Waals surface area contributed by atoms with Gasteiger partial charge in [0.15, 0.2) is 5.75 Å². The van der Waals surface area contributed by atoms with Crippen molar-refractivity contribution in [3.63, 3.8) is 0 Å². The fraction of sp³-hybridized carbons (Fsp3) is 0.0500. The molecule has 0 aliphatic carbocycles. The van der Waals surface area contributed by atoms with Gasteiger partial charge >= 0.3 is 35.4 Å². The van der Waals surface area contributed by atoms with Crippen molar-refractivity contribution >= 4 is 31.6 Å². The van der Waals surface area contributed by atoms with E-state index in [1.54, 1.807) is 0 Å². The number of hydrogen-bond acceptors (Lipinski definition) is 13. The molecule has 0 aliphatic rings. The summed E-state index contributed by atoms with van der Waals surface area (Å²) < 4.78 is 75.1. The normalized spacial score (nSPS) is 11.5. The van der Waals surface area contributed by atoms with E-state index in [9.17, 15) is 46.2 Å². The molecule has 0 atom stereocenters. The molecule has 0 spiro atoms. The second-order valence-electron chi connectivity index (χ2n) is 7.59. The molecule has 0 radical (unpaired) electrons. The molecule has 1 heterocycles. The molecule has 0 unspecified atom stereocenters. The summed E-state index contributed by atoms with van der Waals surface area (Å²) in [6.07, 6.45) is 0. The third-order valence-electron chi connectivity index (χ3n) is 5.15. The number of aromatic nitrogens is 4. The van der Waals surface area contributed by atoms with Gasteiger partial charge in [-0.2, -0.15) is 0 Å². The molecule has 0 fully saturated rings. The molecular weight excluding hydrogens is 587 g/mol. The number of hydrogen-bond donors (Lipinski definition) is 0. The molecule has 40 heavy (non-hydrogen) atoms. The van der Waals surface area contributed by atoms with Crippen LogP contribution in [0.1, 0.15) is 0 Å². The average Bonchev–Trinajstić information content (AvgIpc) is 3.32. The van der Waals surface area contributed by atoms with Gasteiger partial charge in [0, 0.05) is 29.1 Å². The molecule has 0 saturated carbocycles. The Hall–Kier alpha value is -3.85. The van der Waals surface area contributed by atoms with Gasteiger partial charge in [-0.15, -0.1) is 0 Å². The van der Waals surface area contributed by atoms with Crippen LogP contribution in [0.4, 0.5) is 11.4 Å². The van der Waals surface area contributed by atoms with E-state index in [0.29, 0.717) is 6.07 Å². The van der Waals surface area contributed by atoms with E-state index in [1.165, 1.54) is 25.3 Å². The maximum atomic E-state index is 11.6. The van der Waals surface area contributed by atoms with Crippen LogP contribution in [0.25, 0.3) is 22.8 Å². The minimum Gasteiger partial charge on any atom is -0.744 e. The molecule has 3 aromatic carbocycles. The number of nitro groups is 2. The van der Waals surface area contributed by atoms with Crippen LogP contribution in [0.5, 0.6) is 5.75 Å². The fourth-order valence-electron chi connectivity index (χ4n) is 3.36. The number of nitro benzene ring substituents is 2. The zero-order chi connectivity index (χ0) is 28.7. The van der Waals surface area contributed by atoms with Crippen LogP contribution in [0.3, 0.4) is 0 Å². The first-order valence-electron chi connectivity index (χ1n) is 10.2. The van der Waals surface area contributed by atoms with Crippen LogP contribution in [-0.2, 0) is 20.2 Å². The van der Waals surface area contributed by atoms with Crippen molar-refractivity contribution in [2.75, 3.05) is 7.11 Å². The third-order valence-corrected chi connectivity index (χ3v) is 6.78. The summed E-state index contributed by atoms with van der Waals surface area (Å²) in [5.41, 5.74) is -0.779. The first-order valence-corrected chi connectivity index (χ1v) is 13.1. The van der Waals surface area contributed by atoms with Crippen molar-refractivity contribution in [1.29, 1.82) is 0 Å². The largest absolute Gasteiger partial charge is 1.00 e. The van der Waals surface area contributed by atoms with Crippen molar-refractivity contribution in [3.05, 3.63) is 80.9 Å². The van der Waals surface area contributed by atoms with E-state index in [0.717, 1.165) is 46.0 Å². The van der Waals surface area contributed by atoms with Gasteiger partial charge in [-0.1, -0.05) is 0 Å². The van der Waals surface area contributed by atoms with Crippen LogP contribution < -0.4 is 39.1 Å². The Morgan fingerprint density at radius 1 is 0.825 bits per heavy atom. The number of nitrogens with zero attached hydrogens (tertiary/aromatic N) is 6. The van der Waals surface area contributed by atoms with E-state index in [-0.39, 0.29) is 63.6 Å². The molecule has 0 bridgehead atoms. The smallest absolute Gasteiger partial charge is 0.744 e. The molecule has 20 heteroatoms. The predicted octanol–water partition coefficient (Wildman–Crippen LogP) is -2.15. The van der Waals surface area contributed by atoms with Crippen molar-refractivity contribution in [3.8, 4) is 28.5 Å². The zero-order valence-electron chi connectivity index (χ0n) is 20.3. The third kappa shape index (κ3) is 6.31. The van der Waals surface area contributed by atoms with E-state index < -0.39 is 45.7 Å². The van der Waals surface area contributed by atoms with E-state index in [4.69, 9.17) is 4.74 Å². The van der Waals surface area contributed by atoms with Crippen LogP contribution >= 0.6 is 0 Å². The summed E-state index contributed by atoms with van der Waals surface area (Å²) in [4.78, 5) is 20.9. The van der Waals surface area contributed by atoms with Gasteiger partial charge in [-0.3, -0.25) is 20.2 Å². The summed E-state index contributed by atoms with van der Waals surface area (Å²) in [6.45, 7) is 0. The molecule has 0 N–H and O–H groups in total. The molecule has 4 rings (SSSR count). The van der Waals surface area contributed by atoms with E-state index in [1.807, 2.05) is 0 Å². The number of methoxy groups -OCH3 is 1. The number of ether oxygens (including phenoxy) is 1. The first kappa shape index (κ1) is 30.7. The predicted molar refractivity (Wildman–Crippen MR) is 124 cm³/mol. The Balaban J connectivity index is 0.00000441. The maximum Gasteiger partial charge on any atom is 1.00 e. The topological polar surface area (TPSA) is 244 Å². The molecule has 17 nitrogen and oxygen atoms in total. The summed E-state index contributed by atoms with van der Waals surface area (Å²) in [7, 11) is -9.25. The zero-order valence-corrected chi connectivity index (χ0v) is 23.9. The molecule has 202 valence electrons. The van der Waals surface area contributed by atoms with Gasteiger partial charge in [0.1, 0.15) is 25.9 Å². The second-order valence-corrected chi connectivity index (χ2v) is 10.3. The SMILES string of the molecule is COc1cc([N+](=O)[O-])ccc1-[n+]1nc(-c2cc(S(=O)(=O)[O-])cc(S(=O)(=O)[O-])c2)nn1-c1ccc([N+](=O)[O-])cc1.[Na+]. The maximum absolute atomic E-state index is 11.6. The fourth-order valence-corrected chi connectivity index (χ4v) is 4.52. The second kappa shape index (κ2) is 11.3. The Labute approximate surface area is 246 Å². The summed E-state index contributed by atoms with van der Waals surface area (Å²) >= 11 is 0. The minimum absolute atomic E-state index is 0. The molecule has 1 aromatic heterocycles. The van der Waals surface area contributed by atoms with Crippen LogP contribution in [0.2, 0.25) is 0 Å². The van der Waals surface area contributed by atoms with Gasteiger partial charge in [0.25, 0.3) is 11.4 Å². The molecule has 0 amide bonds. The van der Waals surface area contributed by atoms with Crippen LogP contribution in [0, 0.1) is 20.2 Å². The Morgan fingerprint density at radius 2 is 1.35 bits per heavy atom. The van der Waals surface area contributed by atoms with Crippen molar-refractivity contribution in [2.24, 2.45) is 0 Å². The first-order chi connectivity index (χ1) is 18.2. The summed E-state index contributed by atoms with van der Waals surface area (Å²) in [5.74, 6) is -0.473. The number of non-ortho nitro benzene ring substituents is 2. The van der Waals surface area contributed by atoms with Gasteiger partial charge in [0.2, 0.25) is 5.69 Å². The van der Waals surface area contributed by atoms with Crippen LogP contribution in [-0.4, -0.2) is 57.9 Å². The van der Waals surface area contributed by atoms with Crippen molar-refractivity contribution in [2.45, 2.75) is 9.79 Å². The number of tetrazole rings is 1. The summed E-state index contributed by atoms with van der Waals surface area (Å²) in [5, 5.41) is 30.7. The minimum atomic E-state index is -5.23. The standard InChI is InChI=1S/C20H14N6O11S2.Na/c1-37-19-10-15(26(29)30)6-7-18(19)24-22-20(21-23(24)13-2-4-14(5-3-13)25(27)28)12-8-16(38(31,32)33)11-17(9-12)39(34,35)36;/h2-11H,1H3,(H-,31,32,33,34,35,36);/q;+1/p-1. The molecule has 4 aromatic rings. The average molecular weight is 600 g/mol. The summed E-state index contributed by atoms with van der Waals surface area (Å²) in [6, 6.07) is 10.2. The Morgan fingerprint density at radius 3 is 1.82 bits per heavy atom. The monoisotopic (exact) mass is 600 g/mol. The van der Waals surface area contributed by atoms with E-state index >= 15 is 0 Å². The Kier molecular flexibility index (Phi) is 8.69. The molecule has 0 saturated heterocycles.